The number of aliphatic hydroxyl groups excluding tert-OH is 1. The summed E-state index contributed by atoms with van der Waals surface area (Å²) in [7, 11) is 0. The molecule has 2 unspecified atom stereocenters. The number of benzene rings is 1. The minimum Gasteiger partial charge on any atom is -0.462 e. The van der Waals surface area contributed by atoms with Crippen molar-refractivity contribution in [2.45, 2.75) is 32.1 Å². The number of thioether (sulfide) groups is 1. The maximum absolute atomic E-state index is 13.7. The van der Waals surface area contributed by atoms with Crippen LogP contribution in [0.4, 0.5) is 10.1 Å². The molecular formula is C16H17ClFNO4S. The number of halogens is 2. The number of carbonyl (C=O) groups excluding carboxylic acids is 2. The van der Waals surface area contributed by atoms with Crippen LogP contribution in [0.2, 0.25) is 5.02 Å². The van der Waals surface area contributed by atoms with E-state index >= 15 is 0 Å². The fraction of sp³-hybridized carbons (Fsp3) is 0.375. The monoisotopic (exact) mass is 373 g/mol. The van der Waals surface area contributed by atoms with E-state index in [-0.39, 0.29) is 28.5 Å². The standard InChI is InChI=1S/C16H17ClFNO4S/c1-4-23-16(22)13-14(21)9-5-11(18)10(17)6-12(9)19-15(13)24-8(3)7(2)20/h5-6,8,14,19,21H,4H2,1-3H3. The quantitative estimate of drug-likeness (QED) is 0.770. The molecule has 0 amide bonds. The molecule has 0 aliphatic carbocycles. The second-order valence-corrected chi connectivity index (χ2v) is 6.97. The Morgan fingerprint density at radius 3 is 2.75 bits per heavy atom. The zero-order chi connectivity index (χ0) is 18.0. The molecule has 1 aliphatic heterocycles. The normalized spacial score (nSPS) is 17.8. The second kappa shape index (κ2) is 7.55. The number of hydrogen-bond acceptors (Lipinski definition) is 6. The predicted octanol–water partition coefficient (Wildman–Crippen LogP) is 3.42. The summed E-state index contributed by atoms with van der Waals surface area (Å²) in [4.78, 5) is 23.8. The summed E-state index contributed by atoms with van der Waals surface area (Å²) in [5, 5.41) is 13.2. The number of carbonyl (C=O) groups is 2. The van der Waals surface area contributed by atoms with Crippen molar-refractivity contribution in [1.82, 2.24) is 0 Å². The average molecular weight is 374 g/mol. The second-order valence-electron chi connectivity index (χ2n) is 5.22. The van der Waals surface area contributed by atoms with Gasteiger partial charge in [-0.25, -0.2) is 9.18 Å². The van der Waals surface area contributed by atoms with Crippen LogP contribution in [0, 0.1) is 5.82 Å². The molecule has 0 radical (unpaired) electrons. The first-order chi connectivity index (χ1) is 11.3. The molecule has 5 nitrogen and oxygen atoms in total. The van der Waals surface area contributed by atoms with Crippen molar-refractivity contribution < 1.29 is 23.8 Å². The van der Waals surface area contributed by atoms with Gasteiger partial charge in [-0.1, -0.05) is 23.4 Å². The number of ketones is 1. The Hall–Kier alpha value is -1.57. The third-order valence-corrected chi connectivity index (χ3v) is 5.05. The van der Waals surface area contributed by atoms with Gasteiger partial charge in [0.25, 0.3) is 0 Å². The van der Waals surface area contributed by atoms with E-state index in [2.05, 4.69) is 5.32 Å². The van der Waals surface area contributed by atoms with E-state index in [9.17, 15) is 19.1 Å². The van der Waals surface area contributed by atoms with Gasteiger partial charge in [-0.05, 0) is 32.9 Å². The number of hydrogen-bond donors (Lipinski definition) is 2. The molecule has 1 heterocycles. The number of anilines is 1. The maximum atomic E-state index is 13.7. The molecule has 2 rings (SSSR count). The summed E-state index contributed by atoms with van der Waals surface area (Å²) in [6.45, 7) is 4.88. The average Bonchev–Trinajstić information content (AvgIpc) is 2.49. The Kier molecular flexibility index (Phi) is 5.90. The van der Waals surface area contributed by atoms with Crippen LogP contribution in [-0.2, 0) is 14.3 Å². The van der Waals surface area contributed by atoms with E-state index < -0.39 is 23.1 Å². The molecule has 2 atom stereocenters. The van der Waals surface area contributed by atoms with E-state index in [1.54, 1.807) is 13.8 Å². The van der Waals surface area contributed by atoms with E-state index in [1.165, 1.54) is 13.0 Å². The van der Waals surface area contributed by atoms with E-state index in [1.807, 2.05) is 0 Å². The highest BCUT2D eigenvalue weighted by Gasteiger charge is 2.34. The lowest BCUT2D eigenvalue weighted by atomic mass is 9.97. The van der Waals surface area contributed by atoms with Gasteiger partial charge in [0.15, 0.2) is 0 Å². The molecule has 2 N–H and O–H groups in total. The van der Waals surface area contributed by atoms with Crippen molar-refractivity contribution in [3.8, 4) is 0 Å². The van der Waals surface area contributed by atoms with Gasteiger partial charge >= 0.3 is 5.97 Å². The SMILES string of the molecule is CCOC(=O)C1=C(SC(C)C(C)=O)Nc2cc(Cl)c(F)cc2C1O. The number of rotatable bonds is 5. The lowest BCUT2D eigenvalue weighted by Gasteiger charge is -2.28. The van der Waals surface area contributed by atoms with Crippen molar-refractivity contribution in [2.75, 3.05) is 11.9 Å². The first-order valence-electron chi connectivity index (χ1n) is 7.28. The van der Waals surface area contributed by atoms with Gasteiger partial charge in [0.05, 0.1) is 21.9 Å². The van der Waals surface area contributed by atoms with Gasteiger partial charge in [-0.2, -0.15) is 0 Å². The molecule has 0 saturated carbocycles. The Morgan fingerprint density at radius 2 is 2.17 bits per heavy atom. The lowest BCUT2D eigenvalue weighted by molar-refractivity contribution is -0.139. The Bertz CT molecular complexity index is 722. The van der Waals surface area contributed by atoms with Crippen molar-refractivity contribution in [3.05, 3.63) is 39.1 Å². The first kappa shape index (κ1) is 18.8. The Morgan fingerprint density at radius 1 is 1.50 bits per heavy atom. The highest BCUT2D eigenvalue weighted by atomic mass is 35.5. The van der Waals surface area contributed by atoms with Crippen molar-refractivity contribution in [2.24, 2.45) is 0 Å². The first-order valence-corrected chi connectivity index (χ1v) is 8.54. The van der Waals surface area contributed by atoms with Crippen LogP contribution in [0.5, 0.6) is 0 Å². The number of fused-ring (bicyclic) bond motifs is 1. The van der Waals surface area contributed by atoms with Crippen molar-refractivity contribution in [3.63, 3.8) is 0 Å². The number of aliphatic hydroxyl groups is 1. The summed E-state index contributed by atoms with van der Waals surface area (Å²) in [6, 6.07) is 2.40. The zero-order valence-corrected chi connectivity index (χ0v) is 14.9. The van der Waals surface area contributed by atoms with Crippen LogP contribution in [0.25, 0.3) is 0 Å². The van der Waals surface area contributed by atoms with Crippen molar-refractivity contribution in [1.29, 1.82) is 0 Å². The van der Waals surface area contributed by atoms with Gasteiger partial charge in [-0.15, -0.1) is 0 Å². The zero-order valence-electron chi connectivity index (χ0n) is 13.4. The minimum atomic E-state index is -1.38. The molecule has 0 aromatic heterocycles. The summed E-state index contributed by atoms with van der Waals surface area (Å²) in [5.41, 5.74) is 0.504. The van der Waals surface area contributed by atoms with Crippen LogP contribution >= 0.6 is 23.4 Å². The third-order valence-electron chi connectivity index (χ3n) is 3.52. The summed E-state index contributed by atoms with van der Waals surface area (Å²) < 4.78 is 18.7. The van der Waals surface area contributed by atoms with Crippen molar-refractivity contribution >= 4 is 40.8 Å². The molecule has 0 bridgehead atoms. The fourth-order valence-corrected chi connectivity index (χ4v) is 3.31. The summed E-state index contributed by atoms with van der Waals surface area (Å²) >= 11 is 6.87. The predicted molar refractivity (Wildman–Crippen MR) is 91.4 cm³/mol. The lowest BCUT2D eigenvalue weighted by Crippen LogP contribution is -2.25. The van der Waals surface area contributed by atoms with Gasteiger partial charge < -0.3 is 15.2 Å². The minimum absolute atomic E-state index is 0.0517. The summed E-state index contributed by atoms with van der Waals surface area (Å²) in [6.07, 6.45) is -1.38. The number of Topliss-reactive ketones (excluding diaryl/α,β-unsaturated/α-hetero) is 1. The maximum Gasteiger partial charge on any atom is 0.339 e. The van der Waals surface area contributed by atoms with Crippen LogP contribution in [0.3, 0.4) is 0 Å². The molecule has 1 aromatic carbocycles. The summed E-state index contributed by atoms with van der Waals surface area (Å²) in [5.74, 6) is -1.51. The third kappa shape index (κ3) is 3.74. The number of esters is 1. The largest absolute Gasteiger partial charge is 0.462 e. The highest BCUT2D eigenvalue weighted by molar-refractivity contribution is 8.04. The van der Waals surface area contributed by atoms with Gasteiger partial charge in [0, 0.05) is 11.3 Å². The van der Waals surface area contributed by atoms with Crippen LogP contribution in [0.15, 0.2) is 22.7 Å². The molecule has 0 fully saturated rings. The smallest absolute Gasteiger partial charge is 0.339 e. The molecular weight excluding hydrogens is 357 g/mol. The van der Waals surface area contributed by atoms with Gasteiger partial charge in [0.2, 0.25) is 0 Å². The number of ether oxygens (including phenoxy) is 1. The molecule has 130 valence electrons. The molecule has 8 heteroatoms. The van der Waals surface area contributed by atoms with E-state index in [0.29, 0.717) is 10.7 Å². The van der Waals surface area contributed by atoms with Gasteiger partial charge in [-0.3, -0.25) is 4.79 Å². The molecule has 1 aliphatic rings. The highest BCUT2D eigenvalue weighted by Crippen LogP contribution is 2.42. The fourth-order valence-electron chi connectivity index (χ4n) is 2.13. The van der Waals surface area contributed by atoms with E-state index in [4.69, 9.17) is 16.3 Å². The Balaban J connectivity index is 2.51. The Labute approximate surface area is 148 Å². The van der Waals surface area contributed by atoms with E-state index in [0.717, 1.165) is 17.8 Å². The molecule has 1 aromatic rings. The molecule has 24 heavy (non-hydrogen) atoms. The van der Waals surface area contributed by atoms with Crippen LogP contribution in [0.1, 0.15) is 32.4 Å². The molecule has 0 spiro atoms. The topological polar surface area (TPSA) is 75.6 Å². The molecule has 0 saturated heterocycles. The van der Waals surface area contributed by atoms with Gasteiger partial charge in [0.1, 0.15) is 23.3 Å². The van der Waals surface area contributed by atoms with Crippen LogP contribution in [-0.4, -0.2) is 28.7 Å². The van der Waals surface area contributed by atoms with Crippen LogP contribution < -0.4 is 5.32 Å². The number of nitrogens with one attached hydrogen (secondary N) is 1.